The van der Waals surface area contributed by atoms with Crippen molar-refractivity contribution < 1.29 is 0 Å². The van der Waals surface area contributed by atoms with Crippen molar-refractivity contribution in [3.05, 3.63) is 34.9 Å². The van der Waals surface area contributed by atoms with Gasteiger partial charge in [-0.15, -0.1) is 0 Å². The van der Waals surface area contributed by atoms with Gasteiger partial charge in [-0.3, -0.25) is 0 Å². The largest absolute Gasteiger partial charge is 0.312 e. The van der Waals surface area contributed by atoms with Gasteiger partial charge in [0.15, 0.2) is 0 Å². The van der Waals surface area contributed by atoms with Gasteiger partial charge in [-0.05, 0) is 43.2 Å². The van der Waals surface area contributed by atoms with Gasteiger partial charge in [0.05, 0.1) is 0 Å². The van der Waals surface area contributed by atoms with Gasteiger partial charge in [-0.25, -0.2) is 0 Å². The fraction of sp³-hybridized carbons (Fsp3) is 0.538. The first kappa shape index (κ1) is 10.7. The summed E-state index contributed by atoms with van der Waals surface area (Å²) < 4.78 is 0. The molecule has 1 heterocycles. The van der Waals surface area contributed by atoms with Crippen LogP contribution in [-0.2, 0) is 19.5 Å². The van der Waals surface area contributed by atoms with Crippen LogP contribution in [0.2, 0.25) is 0 Å². The first-order valence-corrected chi connectivity index (χ1v) is 5.80. The summed E-state index contributed by atoms with van der Waals surface area (Å²) in [6.07, 6.45) is 1.18. The molecule has 1 N–H and O–H groups in total. The predicted octanol–water partition coefficient (Wildman–Crippen LogP) is 1.78. The Hall–Kier alpha value is -0.860. The molecule has 1 aromatic rings. The molecule has 2 nitrogen and oxygen atoms in total. The molecular weight excluding hydrogens is 184 g/mol. The lowest BCUT2D eigenvalue weighted by Crippen LogP contribution is -2.26. The van der Waals surface area contributed by atoms with E-state index >= 15 is 0 Å². The zero-order chi connectivity index (χ0) is 10.7. The maximum absolute atomic E-state index is 3.42. The van der Waals surface area contributed by atoms with Crippen LogP contribution in [0, 0.1) is 0 Å². The molecule has 0 unspecified atom stereocenters. The van der Waals surface area contributed by atoms with Crippen molar-refractivity contribution >= 4 is 0 Å². The standard InChI is InChI=1S/C13H20N2/c1-3-15(2)10-12-6-4-5-11-9-14-8-7-13(11)12/h4-6,14H,3,7-10H2,1-2H3. The molecule has 2 rings (SSSR count). The number of fused-ring (bicyclic) bond motifs is 1. The summed E-state index contributed by atoms with van der Waals surface area (Å²) in [5.74, 6) is 0. The second kappa shape index (κ2) is 4.77. The molecule has 0 fully saturated rings. The van der Waals surface area contributed by atoms with Crippen LogP contribution in [0.25, 0.3) is 0 Å². The average molecular weight is 204 g/mol. The molecular formula is C13H20N2. The highest BCUT2D eigenvalue weighted by Crippen LogP contribution is 2.19. The van der Waals surface area contributed by atoms with E-state index in [0.717, 1.165) is 26.2 Å². The molecule has 15 heavy (non-hydrogen) atoms. The number of rotatable bonds is 3. The van der Waals surface area contributed by atoms with Crippen LogP contribution < -0.4 is 5.32 Å². The number of hydrogen-bond acceptors (Lipinski definition) is 2. The molecule has 1 aliphatic heterocycles. The van der Waals surface area contributed by atoms with Gasteiger partial charge in [0.25, 0.3) is 0 Å². The lowest BCUT2D eigenvalue weighted by atomic mass is 9.95. The molecule has 0 atom stereocenters. The second-order valence-corrected chi connectivity index (χ2v) is 4.31. The Morgan fingerprint density at radius 3 is 3.07 bits per heavy atom. The zero-order valence-corrected chi connectivity index (χ0v) is 9.71. The minimum absolute atomic E-state index is 1.04. The molecule has 1 aliphatic rings. The van der Waals surface area contributed by atoms with E-state index in [2.05, 4.69) is 42.4 Å². The van der Waals surface area contributed by atoms with Crippen LogP contribution in [0.1, 0.15) is 23.6 Å². The molecule has 0 bridgehead atoms. The summed E-state index contributed by atoms with van der Waals surface area (Å²) in [5.41, 5.74) is 4.58. The lowest BCUT2D eigenvalue weighted by Gasteiger charge is -2.23. The van der Waals surface area contributed by atoms with Gasteiger partial charge >= 0.3 is 0 Å². The van der Waals surface area contributed by atoms with Crippen LogP contribution in [0.4, 0.5) is 0 Å². The molecule has 0 aromatic heterocycles. The topological polar surface area (TPSA) is 15.3 Å². The third-order valence-corrected chi connectivity index (χ3v) is 3.22. The van der Waals surface area contributed by atoms with Crippen LogP contribution in [0.15, 0.2) is 18.2 Å². The fourth-order valence-electron chi connectivity index (χ4n) is 2.16. The summed E-state index contributed by atoms with van der Waals surface area (Å²) in [4.78, 5) is 2.36. The van der Waals surface area contributed by atoms with Gasteiger partial charge in [0.2, 0.25) is 0 Å². The van der Waals surface area contributed by atoms with Crippen molar-refractivity contribution in [2.75, 3.05) is 20.1 Å². The third kappa shape index (κ3) is 2.39. The molecule has 0 radical (unpaired) electrons. The Morgan fingerprint density at radius 2 is 2.27 bits per heavy atom. The Balaban J connectivity index is 2.23. The molecule has 0 saturated carbocycles. The summed E-state index contributed by atoms with van der Waals surface area (Å²) >= 11 is 0. The Bertz CT molecular complexity index is 333. The van der Waals surface area contributed by atoms with E-state index in [4.69, 9.17) is 0 Å². The maximum atomic E-state index is 3.42. The number of hydrogen-bond donors (Lipinski definition) is 1. The molecule has 2 heteroatoms. The number of nitrogens with one attached hydrogen (secondary N) is 1. The molecule has 0 amide bonds. The summed E-state index contributed by atoms with van der Waals surface area (Å²) in [7, 11) is 2.18. The Morgan fingerprint density at radius 1 is 1.40 bits per heavy atom. The summed E-state index contributed by atoms with van der Waals surface area (Å²) in [6.45, 7) is 6.57. The maximum Gasteiger partial charge on any atom is 0.0233 e. The van der Waals surface area contributed by atoms with Crippen molar-refractivity contribution in [1.82, 2.24) is 10.2 Å². The monoisotopic (exact) mass is 204 g/mol. The molecule has 0 saturated heterocycles. The van der Waals surface area contributed by atoms with Crippen molar-refractivity contribution in [3.63, 3.8) is 0 Å². The smallest absolute Gasteiger partial charge is 0.0233 e. The highest BCUT2D eigenvalue weighted by atomic mass is 15.1. The van der Waals surface area contributed by atoms with Crippen LogP contribution in [0.3, 0.4) is 0 Å². The van der Waals surface area contributed by atoms with Crippen LogP contribution >= 0.6 is 0 Å². The quantitative estimate of drug-likeness (QED) is 0.807. The van der Waals surface area contributed by atoms with Gasteiger partial charge < -0.3 is 10.2 Å². The molecule has 1 aromatic carbocycles. The van der Waals surface area contributed by atoms with E-state index in [-0.39, 0.29) is 0 Å². The minimum atomic E-state index is 1.04. The van der Waals surface area contributed by atoms with Crippen molar-refractivity contribution in [3.8, 4) is 0 Å². The van der Waals surface area contributed by atoms with E-state index < -0.39 is 0 Å². The molecule has 0 spiro atoms. The Labute approximate surface area is 92.3 Å². The van der Waals surface area contributed by atoms with Gasteiger partial charge in [-0.1, -0.05) is 25.1 Å². The molecule has 82 valence electrons. The van der Waals surface area contributed by atoms with Gasteiger partial charge in [0.1, 0.15) is 0 Å². The molecule has 0 aliphatic carbocycles. The van der Waals surface area contributed by atoms with E-state index in [1.54, 1.807) is 5.56 Å². The van der Waals surface area contributed by atoms with E-state index in [1.807, 2.05) is 0 Å². The van der Waals surface area contributed by atoms with E-state index in [9.17, 15) is 0 Å². The van der Waals surface area contributed by atoms with Crippen molar-refractivity contribution in [1.29, 1.82) is 0 Å². The predicted molar refractivity (Wildman–Crippen MR) is 63.9 cm³/mol. The number of nitrogens with zero attached hydrogens (tertiary/aromatic N) is 1. The Kier molecular flexibility index (Phi) is 3.39. The highest BCUT2D eigenvalue weighted by molar-refractivity contribution is 5.36. The first-order chi connectivity index (χ1) is 7.31. The zero-order valence-electron chi connectivity index (χ0n) is 9.71. The van der Waals surface area contributed by atoms with E-state index in [1.165, 1.54) is 17.5 Å². The van der Waals surface area contributed by atoms with Crippen molar-refractivity contribution in [2.24, 2.45) is 0 Å². The minimum Gasteiger partial charge on any atom is -0.312 e. The average Bonchev–Trinajstić information content (AvgIpc) is 2.29. The second-order valence-electron chi connectivity index (χ2n) is 4.31. The van der Waals surface area contributed by atoms with E-state index in [0.29, 0.717) is 0 Å². The van der Waals surface area contributed by atoms with Crippen LogP contribution in [-0.4, -0.2) is 25.0 Å². The van der Waals surface area contributed by atoms with Crippen LogP contribution in [0.5, 0.6) is 0 Å². The number of benzene rings is 1. The first-order valence-electron chi connectivity index (χ1n) is 5.80. The fourth-order valence-corrected chi connectivity index (χ4v) is 2.16. The van der Waals surface area contributed by atoms with Gasteiger partial charge in [-0.2, -0.15) is 0 Å². The van der Waals surface area contributed by atoms with Gasteiger partial charge in [0, 0.05) is 13.1 Å². The normalized spacial score (nSPS) is 15.4. The van der Waals surface area contributed by atoms with Crippen molar-refractivity contribution in [2.45, 2.75) is 26.4 Å². The lowest BCUT2D eigenvalue weighted by molar-refractivity contribution is 0.344. The third-order valence-electron chi connectivity index (χ3n) is 3.22. The highest BCUT2D eigenvalue weighted by Gasteiger charge is 2.12. The SMILES string of the molecule is CCN(C)Cc1cccc2c1CCNC2. The summed E-state index contributed by atoms with van der Waals surface area (Å²) in [6, 6.07) is 6.71. The summed E-state index contributed by atoms with van der Waals surface area (Å²) in [5, 5.41) is 3.42.